The van der Waals surface area contributed by atoms with Gasteiger partial charge in [0.2, 0.25) is 0 Å². The molecule has 1 fully saturated rings. The number of carbonyl (C=O) groups is 1. The largest absolute Gasteiger partial charge is 0.330 e. The lowest BCUT2D eigenvalue weighted by atomic mass is 10.2. The smallest absolute Gasteiger partial charge is 0.272 e. The highest BCUT2D eigenvalue weighted by atomic mass is 79.9. The molecule has 3 rings (SSSR count). The molecular formula is C15H14BrN3O. The van der Waals surface area contributed by atoms with Crippen molar-refractivity contribution in [3.8, 4) is 0 Å². The van der Waals surface area contributed by atoms with Gasteiger partial charge in [0.05, 0.1) is 0 Å². The molecule has 0 aliphatic heterocycles. The number of rotatable bonds is 4. The van der Waals surface area contributed by atoms with E-state index >= 15 is 0 Å². The summed E-state index contributed by atoms with van der Waals surface area (Å²) in [6, 6.07) is 7.82. The standard InChI is InChI=1S/C15H14BrN3O/c16-12-3-6-14(18-9-12)15(20)19(13-4-5-13)10-11-2-1-7-17-8-11/h1-3,6-9,13H,4-5,10H2. The summed E-state index contributed by atoms with van der Waals surface area (Å²) in [4.78, 5) is 22.8. The van der Waals surface area contributed by atoms with E-state index < -0.39 is 0 Å². The molecule has 5 heteroatoms. The average Bonchev–Trinajstić information content (AvgIpc) is 3.30. The number of hydrogen-bond acceptors (Lipinski definition) is 3. The predicted octanol–water partition coefficient (Wildman–Crippen LogP) is 3.04. The minimum atomic E-state index is -0.0103. The molecule has 2 aromatic heterocycles. The molecule has 20 heavy (non-hydrogen) atoms. The molecule has 4 nitrogen and oxygen atoms in total. The topological polar surface area (TPSA) is 46.1 Å². The number of aromatic nitrogens is 2. The van der Waals surface area contributed by atoms with Gasteiger partial charge in [0.1, 0.15) is 5.69 Å². The van der Waals surface area contributed by atoms with Crippen molar-refractivity contribution < 1.29 is 4.79 Å². The minimum Gasteiger partial charge on any atom is -0.330 e. The number of hydrogen-bond donors (Lipinski definition) is 0. The van der Waals surface area contributed by atoms with Crippen LogP contribution in [0.25, 0.3) is 0 Å². The first-order valence-electron chi connectivity index (χ1n) is 6.55. The highest BCUT2D eigenvalue weighted by Crippen LogP contribution is 2.29. The van der Waals surface area contributed by atoms with E-state index in [0.29, 0.717) is 18.3 Å². The SMILES string of the molecule is O=C(c1ccc(Br)cn1)N(Cc1cccnc1)C1CC1. The lowest BCUT2D eigenvalue weighted by molar-refractivity contribution is 0.0724. The molecule has 102 valence electrons. The Morgan fingerprint density at radius 3 is 2.75 bits per heavy atom. The normalized spacial score (nSPS) is 14.1. The number of halogens is 1. The fraction of sp³-hybridized carbons (Fsp3) is 0.267. The van der Waals surface area contributed by atoms with E-state index in [1.165, 1.54) is 0 Å². The van der Waals surface area contributed by atoms with Crippen LogP contribution in [0.15, 0.2) is 47.3 Å². The Balaban J connectivity index is 1.80. The Kier molecular flexibility index (Phi) is 3.78. The molecule has 1 amide bonds. The molecule has 0 radical (unpaired) electrons. The lowest BCUT2D eigenvalue weighted by Crippen LogP contribution is -2.33. The Hall–Kier alpha value is -1.75. The maximum Gasteiger partial charge on any atom is 0.272 e. The maximum atomic E-state index is 12.6. The molecular weight excluding hydrogens is 318 g/mol. The van der Waals surface area contributed by atoms with Crippen molar-refractivity contribution in [3.05, 3.63) is 58.6 Å². The number of carbonyl (C=O) groups excluding carboxylic acids is 1. The second kappa shape index (κ2) is 5.71. The Morgan fingerprint density at radius 2 is 2.15 bits per heavy atom. The van der Waals surface area contributed by atoms with Gasteiger partial charge in [-0.3, -0.25) is 9.78 Å². The molecule has 0 atom stereocenters. The van der Waals surface area contributed by atoms with Crippen molar-refractivity contribution in [2.45, 2.75) is 25.4 Å². The maximum absolute atomic E-state index is 12.6. The minimum absolute atomic E-state index is 0.0103. The fourth-order valence-corrected chi connectivity index (χ4v) is 2.33. The summed E-state index contributed by atoms with van der Waals surface area (Å²) in [7, 11) is 0. The third-order valence-corrected chi connectivity index (χ3v) is 3.74. The summed E-state index contributed by atoms with van der Waals surface area (Å²) >= 11 is 3.33. The van der Waals surface area contributed by atoms with Crippen molar-refractivity contribution in [1.29, 1.82) is 0 Å². The van der Waals surface area contributed by atoms with E-state index in [9.17, 15) is 4.79 Å². The molecule has 2 heterocycles. The third kappa shape index (κ3) is 3.04. The quantitative estimate of drug-likeness (QED) is 0.865. The van der Waals surface area contributed by atoms with Crippen LogP contribution in [0.4, 0.5) is 0 Å². The van der Waals surface area contributed by atoms with Gasteiger partial charge < -0.3 is 4.90 Å². The van der Waals surface area contributed by atoms with Crippen molar-refractivity contribution in [1.82, 2.24) is 14.9 Å². The van der Waals surface area contributed by atoms with Gasteiger partial charge >= 0.3 is 0 Å². The summed E-state index contributed by atoms with van der Waals surface area (Å²) < 4.78 is 0.874. The first-order valence-corrected chi connectivity index (χ1v) is 7.35. The van der Waals surface area contributed by atoms with E-state index in [0.717, 1.165) is 22.9 Å². The first kappa shape index (κ1) is 13.2. The fourth-order valence-electron chi connectivity index (χ4n) is 2.09. The summed E-state index contributed by atoms with van der Waals surface area (Å²) in [6.07, 6.45) is 7.34. The van der Waals surface area contributed by atoms with Gasteiger partial charge in [-0.1, -0.05) is 6.07 Å². The molecule has 0 saturated heterocycles. The molecule has 1 aliphatic rings. The van der Waals surface area contributed by atoms with Crippen molar-refractivity contribution >= 4 is 21.8 Å². The van der Waals surface area contributed by atoms with E-state index in [2.05, 4.69) is 25.9 Å². The summed E-state index contributed by atoms with van der Waals surface area (Å²) in [5.41, 5.74) is 1.54. The molecule has 0 unspecified atom stereocenters. The van der Waals surface area contributed by atoms with Gasteiger partial charge in [-0.15, -0.1) is 0 Å². The highest BCUT2D eigenvalue weighted by Gasteiger charge is 2.33. The van der Waals surface area contributed by atoms with E-state index in [-0.39, 0.29) is 5.91 Å². The molecule has 1 saturated carbocycles. The second-order valence-corrected chi connectivity index (χ2v) is 5.80. The van der Waals surface area contributed by atoms with E-state index in [1.54, 1.807) is 24.7 Å². The summed E-state index contributed by atoms with van der Waals surface area (Å²) in [5.74, 6) is -0.0103. The van der Waals surface area contributed by atoms with Crippen LogP contribution < -0.4 is 0 Å². The van der Waals surface area contributed by atoms with Crippen LogP contribution in [0.1, 0.15) is 28.9 Å². The Labute approximate surface area is 126 Å². The zero-order valence-electron chi connectivity index (χ0n) is 10.9. The van der Waals surface area contributed by atoms with Crippen LogP contribution in [-0.2, 0) is 6.54 Å². The van der Waals surface area contributed by atoms with Crippen LogP contribution in [0.3, 0.4) is 0 Å². The van der Waals surface area contributed by atoms with E-state index in [4.69, 9.17) is 0 Å². The van der Waals surface area contributed by atoms with E-state index in [1.807, 2.05) is 23.1 Å². The highest BCUT2D eigenvalue weighted by molar-refractivity contribution is 9.10. The molecule has 0 N–H and O–H groups in total. The number of nitrogens with zero attached hydrogens (tertiary/aromatic N) is 3. The molecule has 2 aromatic rings. The number of pyridine rings is 2. The molecule has 0 spiro atoms. The molecule has 0 aromatic carbocycles. The van der Waals surface area contributed by atoms with Gasteiger partial charge in [0.25, 0.3) is 5.91 Å². The molecule has 0 bridgehead atoms. The monoisotopic (exact) mass is 331 g/mol. The number of amides is 1. The zero-order chi connectivity index (χ0) is 13.9. The summed E-state index contributed by atoms with van der Waals surface area (Å²) in [5, 5.41) is 0. The van der Waals surface area contributed by atoms with Gasteiger partial charge in [0, 0.05) is 35.6 Å². The first-order chi connectivity index (χ1) is 9.74. The van der Waals surface area contributed by atoms with Crippen LogP contribution >= 0.6 is 15.9 Å². The lowest BCUT2D eigenvalue weighted by Gasteiger charge is -2.22. The Bertz CT molecular complexity index is 596. The molecule has 1 aliphatic carbocycles. The predicted molar refractivity (Wildman–Crippen MR) is 79.1 cm³/mol. The van der Waals surface area contributed by atoms with Crippen LogP contribution in [0, 0.1) is 0 Å². The van der Waals surface area contributed by atoms with Gasteiger partial charge in [-0.2, -0.15) is 0 Å². The van der Waals surface area contributed by atoms with Gasteiger partial charge in [-0.05, 0) is 52.5 Å². The summed E-state index contributed by atoms with van der Waals surface area (Å²) in [6.45, 7) is 0.592. The van der Waals surface area contributed by atoms with Crippen LogP contribution in [0.5, 0.6) is 0 Å². The van der Waals surface area contributed by atoms with Crippen molar-refractivity contribution in [2.24, 2.45) is 0 Å². The van der Waals surface area contributed by atoms with Gasteiger partial charge in [-0.25, -0.2) is 4.98 Å². The van der Waals surface area contributed by atoms with Crippen molar-refractivity contribution in [2.75, 3.05) is 0 Å². The third-order valence-electron chi connectivity index (χ3n) is 3.27. The Morgan fingerprint density at radius 1 is 1.30 bits per heavy atom. The van der Waals surface area contributed by atoms with Gasteiger partial charge in [0.15, 0.2) is 0 Å². The van der Waals surface area contributed by atoms with Crippen molar-refractivity contribution in [3.63, 3.8) is 0 Å². The average molecular weight is 332 g/mol. The van der Waals surface area contributed by atoms with Crippen LogP contribution in [0.2, 0.25) is 0 Å². The zero-order valence-corrected chi connectivity index (χ0v) is 12.5. The second-order valence-electron chi connectivity index (χ2n) is 4.89. The van der Waals surface area contributed by atoms with Crippen LogP contribution in [-0.4, -0.2) is 26.8 Å².